The maximum absolute atomic E-state index is 12.9. The second-order valence-electron chi connectivity index (χ2n) is 8.97. The van der Waals surface area contributed by atoms with Crippen LogP contribution in [0.1, 0.15) is 47.8 Å². The Morgan fingerprint density at radius 1 is 1.42 bits per heavy atom. The lowest BCUT2D eigenvalue weighted by Crippen LogP contribution is -2.29. The molecule has 0 aromatic carbocycles. The van der Waals surface area contributed by atoms with Gasteiger partial charge in [-0.1, -0.05) is 13.0 Å². The van der Waals surface area contributed by atoms with Gasteiger partial charge in [-0.3, -0.25) is 9.59 Å². The number of nitrogens with one attached hydrogen (secondary N) is 1. The molecule has 31 heavy (non-hydrogen) atoms. The van der Waals surface area contributed by atoms with Gasteiger partial charge in [0.25, 0.3) is 0 Å². The van der Waals surface area contributed by atoms with Gasteiger partial charge in [0, 0.05) is 42.1 Å². The van der Waals surface area contributed by atoms with Crippen LogP contribution < -0.4 is 5.32 Å². The molecule has 1 aliphatic carbocycles. The number of carbonyl (C=O) groups is 2. The minimum absolute atomic E-state index is 0.00866. The van der Waals surface area contributed by atoms with E-state index in [0.717, 1.165) is 37.1 Å². The summed E-state index contributed by atoms with van der Waals surface area (Å²) in [6.07, 6.45) is 11.0. The lowest BCUT2D eigenvalue weighted by Gasteiger charge is -2.25. The summed E-state index contributed by atoms with van der Waals surface area (Å²) in [7, 11) is 0. The summed E-state index contributed by atoms with van der Waals surface area (Å²) in [6.45, 7) is 6.04. The summed E-state index contributed by atoms with van der Waals surface area (Å²) < 4.78 is 0. The summed E-state index contributed by atoms with van der Waals surface area (Å²) in [6, 6.07) is 4.20. The number of likely N-dealkylation sites (tertiary alicyclic amines) is 1. The van der Waals surface area contributed by atoms with E-state index in [9.17, 15) is 9.59 Å². The van der Waals surface area contributed by atoms with Crippen LogP contribution in [0.3, 0.4) is 0 Å². The number of carbonyl (C=O) groups excluding carboxylic acids is 2. The van der Waals surface area contributed by atoms with Gasteiger partial charge >= 0.3 is 0 Å². The second-order valence-corrected chi connectivity index (χ2v) is 9.88. The van der Waals surface area contributed by atoms with Crippen LogP contribution in [0.2, 0.25) is 0 Å². The van der Waals surface area contributed by atoms with Gasteiger partial charge < -0.3 is 10.2 Å². The Morgan fingerprint density at radius 3 is 3.03 bits per heavy atom. The van der Waals surface area contributed by atoms with Crippen molar-refractivity contribution >= 4 is 40.6 Å². The molecule has 160 valence electrons. The van der Waals surface area contributed by atoms with E-state index < -0.39 is 0 Å². The largest absolute Gasteiger partial charge is 0.338 e. The second kappa shape index (κ2) is 7.75. The van der Waals surface area contributed by atoms with Crippen molar-refractivity contribution in [2.45, 2.75) is 39.5 Å². The molecule has 3 aliphatic rings. The number of nitrogens with zero attached hydrogens (tertiary/aromatic N) is 2. The summed E-state index contributed by atoms with van der Waals surface area (Å²) in [4.78, 5) is 32.2. The summed E-state index contributed by atoms with van der Waals surface area (Å²) in [5.41, 5.74) is 4.84. The van der Waals surface area contributed by atoms with Crippen molar-refractivity contribution in [3.63, 3.8) is 0 Å². The predicted molar refractivity (Wildman–Crippen MR) is 125 cm³/mol. The first kappa shape index (κ1) is 20.2. The number of aryl methyl sites for hydroxylation is 2. The predicted octanol–water partition coefficient (Wildman–Crippen LogP) is 4.69. The number of aromatic nitrogens is 1. The fourth-order valence-corrected chi connectivity index (χ4v) is 6.22. The van der Waals surface area contributed by atoms with Gasteiger partial charge in [0.15, 0.2) is 0 Å². The van der Waals surface area contributed by atoms with Crippen molar-refractivity contribution in [2.75, 3.05) is 18.4 Å². The van der Waals surface area contributed by atoms with Gasteiger partial charge in [-0.25, -0.2) is 4.98 Å². The van der Waals surface area contributed by atoms with E-state index in [4.69, 9.17) is 0 Å². The Balaban J connectivity index is 1.29. The molecule has 1 fully saturated rings. The van der Waals surface area contributed by atoms with Gasteiger partial charge in [0.05, 0.1) is 0 Å². The van der Waals surface area contributed by atoms with Crippen molar-refractivity contribution in [3.05, 3.63) is 57.4 Å². The standard InChI is InChI=1S/C25H27N3O2S/c1-3-25-12-19(23-16(2)8-9-31-23)11-20(25)14-28(15-25)22(30)7-4-17-10-18-5-6-21(29)27-24(18)26-13-17/h4,7-10,12-13,20H,3,5-6,11,14-15H2,1-2H3,(H,26,27,29)/b7-4+. The molecule has 2 atom stereocenters. The molecular weight excluding hydrogens is 406 g/mol. The number of pyridine rings is 1. The third kappa shape index (κ3) is 3.63. The van der Waals surface area contributed by atoms with E-state index >= 15 is 0 Å². The average Bonchev–Trinajstić information content (AvgIpc) is 3.44. The first-order chi connectivity index (χ1) is 15.0. The fraction of sp³-hybridized carbons (Fsp3) is 0.400. The molecule has 0 bridgehead atoms. The highest BCUT2D eigenvalue weighted by molar-refractivity contribution is 7.11. The van der Waals surface area contributed by atoms with E-state index in [-0.39, 0.29) is 17.2 Å². The number of amides is 2. The molecule has 0 spiro atoms. The highest BCUT2D eigenvalue weighted by Crippen LogP contribution is 2.52. The topological polar surface area (TPSA) is 62.3 Å². The molecule has 1 saturated heterocycles. The van der Waals surface area contributed by atoms with E-state index in [0.29, 0.717) is 24.6 Å². The van der Waals surface area contributed by atoms with Crippen LogP contribution in [-0.4, -0.2) is 34.8 Å². The van der Waals surface area contributed by atoms with Crippen LogP contribution >= 0.6 is 11.3 Å². The van der Waals surface area contributed by atoms with Crippen LogP contribution in [-0.2, 0) is 16.0 Å². The maximum Gasteiger partial charge on any atom is 0.246 e. The van der Waals surface area contributed by atoms with Crippen LogP contribution in [0.4, 0.5) is 5.82 Å². The zero-order valence-electron chi connectivity index (χ0n) is 18.0. The zero-order chi connectivity index (χ0) is 21.6. The lowest BCUT2D eigenvalue weighted by molar-refractivity contribution is -0.125. The Labute approximate surface area is 186 Å². The molecule has 6 heteroatoms. The van der Waals surface area contributed by atoms with Gasteiger partial charge in [-0.2, -0.15) is 0 Å². The highest BCUT2D eigenvalue weighted by atomic mass is 32.1. The van der Waals surface area contributed by atoms with E-state index in [1.807, 2.05) is 28.4 Å². The summed E-state index contributed by atoms with van der Waals surface area (Å²) in [5, 5.41) is 4.96. The normalized spacial score (nSPS) is 24.8. The molecule has 5 rings (SSSR count). The molecule has 0 radical (unpaired) electrons. The summed E-state index contributed by atoms with van der Waals surface area (Å²) >= 11 is 1.83. The number of rotatable bonds is 4. The molecule has 1 N–H and O–H groups in total. The molecule has 2 unspecified atom stereocenters. The van der Waals surface area contributed by atoms with Gasteiger partial charge in [0.2, 0.25) is 11.8 Å². The van der Waals surface area contributed by atoms with Crippen molar-refractivity contribution < 1.29 is 9.59 Å². The molecule has 0 saturated carbocycles. The van der Waals surface area contributed by atoms with Crippen LogP contribution in [0.5, 0.6) is 0 Å². The van der Waals surface area contributed by atoms with Gasteiger partial charge in [0.1, 0.15) is 5.82 Å². The minimum atomic E-state index is 0.00866. The molecular formula is C25H27N3O2S. The highest BCUT2D eigenvalue weighted by Gasteiger charge is 2.48. The zero-order valence-corrected chi connectivity index (χ0v) is 18.8. The van der Waals surface area contributed by atoms with Crippen LogP contribution in [0, 0.1) is 18.3 Å². The van der Waals surface area contributed by atoms with E-state index in [1.54, 1.807) is 12.3 Å². The van der Waals surface area contributed by atoms with Crippen molar-refractivity contribution in [2.24, 2.45) is 11.3 Å². The maximum atomic E-state index is 12.9. The third-order valence-corrected chi connectivity index (χ3v) is 8.17. The quantitative estimate of drug-likeness (QED) is 0.712. The molecule has 2 aliphatic heterocycles. The average molecular weight is 434 g/mol. The van der Waals surface area contributed by atoms with Crippen LogP contribution in [0.25, 0.3) is 11.6 Å². The Bertz CT molecular complexity index is 1120. The Morgan fingerprint density at radius 2 is 2.29 bits per heavy atom. The Hall–Kier alpha value is -2.73. The first-order valence-electron chi connectivity index (χ1n) is 11.0. The van der Waals surface area contributed by atoms with Gasteiger partial charge in [-0.05, 0) is 78.0 Å². The lowest BCUT2D eigenvalue weighted by atomic mass is 9.79. The van der Waals surface area contributed by atoms with Gasteiger partial charge in [-0.15, -0.1) is 11.3 Å². The molecule has 2 amide bonds. The van der Waals surface area contributed by atoms with Crippen molar-refractivity contribution in [3.8, 4) is 0 Å². The Kier molecular flexibility index (Phi) is 5.05. The third-order valence-electron chi connectivity index (χ3n) is 7.08. The summed E-state index contributed by atoms with van der Waals surface area (Å²) in [5.74, 6) is 1.21. The van der Waals surface area contributed by atoms with E-state index in [2.05, 4.69) is 41.7 Å². The fourth-order valence-electron chi connectivity index (χ4n) is 5.27. The molecule has 2 aromatic heterocycles. The molecule has 5 nitrogen and oxygen atoms in total. The molecule has 2 aromatic rings. The number of anilines is 1. The van der Waals surface area contributed by atoms with E-state index in [1.165, 1.54) is 16.0 Å². The number of hydrogen-bond donors (Lipinski definition) is 1. The molecule has 4 heterocycles. The SMILES string of the molecule is CCC12C=C(c3sccc3C)CC1CN(C(=O)/C=C/c1cnc3c(c1)CCC(=O)N3)C2. The number of allylic oxidation sites excluding steroid dienone is 1. The number of hydrogen-bond acceptors (Lipinski definition) is 4. The smallest absolute Gasteiger partial charge is 0.246 e. The first-order valence-corrected chi connectivity index (χ1v) is 11.9. The van der Waals surface area contributed by atoms with Crippen LogP contribution in [0.15, 0.2) is 35.9 Å². The number of fused-ring (bicyclic) bond motifs is 2. The number of thiophene rings is 1. The van der Waals surface area contributed by atoms with Crippen molar-refractivity contribution in [1.29, 1.82) is 0 Å². The monoisotopic (exact) mass is 433 g/mol. The minimum Gasteiger partial charge on any atom is -0.338 e. The van der Waals surface area contributed by atoms with Crippen molar-refractivity contribution in [1.82, 2.24) is 9.88 Å².